The molecule has 0 atom stereocenters. The topological polar surface area (TPSA) is 113 Å². The minimum absolute atomic E-state index is 0. The average molecular weight is 302 g/mol. The predicted octanol–water partition coefficient (Wildman–Crippen LogP) is -3.21. The smallest absolute Gasteiger partial charge is 1.00 e. The summed E-state index contributed by atoms with van der Waals surface area (Å²) in [6.45, 7) is -0.598. The molecule has 3 N–H and O–H groups in total. The van der Waals surface area contributed by atoms with Gasteiger partial charge in [-0.3, -0.25) is 4.55 Å². The summed E-state index contributed by atoms with van der Waals surface area (Å²) in [5.41, 5.74) is 0. The number of aliphatic hydroxyl groups excluding tert-OH is 2. The van der Waals surface area contributed by atoms with Crippen LogP contribution in [0.1, 0.15) is 1.43 Å². The summed E-state index contributed by atoms with van der Waals surface area (Å²) in [6.07, 6.45) is 0. The molecule has 9 heteroatoms. The molecule has 1 rings (SSSR count). The van der Waals surface area contributed by atoms with E-state index in [1.54, 1.807) is 0 Å². The molecule has 0 unspecified atom stereocenters. The Morgan fingerprint density at radius 2 is 1.68 bits per heavy atom. The first-order valence-electron chi connectivity index (χ1n) is 5.08. The van der Waals surface area contributed by atoms with Crippen LogP contribution in [0.15, 0.2) is 23.1 Å². The Balaban J connectivity index is 0. The van der Waals surface area contributed by atoms with Gasteiger partial charge in [0.05, 0.1) is 13.2 Å². The summed E-state index contributed by atoms with van der Waals surface area (Å²) in [4.78, 5) is -0.452. The van der Waals surface area contributed by atoms with Crippen molar-refractivity contribution in [3.05, 3.63) is 18.2 Å². The molecule has 0 bridgehead atoms. The number of hydrogen-bond donors (Lipinski definition) is 3. The summed E-state index contributed by atoms with van der Waals surface area (Å²) >= 11 is 0. The van der Waals surface area contributed by atoms with E-state index in [1.807, 2.05) is 0 Å². The summed E-state index contributed by atoms with van der Waals surface area (Å²) in [5.74, 6) is 0.0934. The van der Waals surface area contributed by atoms with Gasteiger partial charge in [-0.05, 0) is 12.1 Å². The van der Waals surface area contributed by atoms with E-state index in [2.05, 4.69) is 0 Å². The second-order valence-corrected chi connectivity index (χ2v) is 4.62. The van der Waals surface area contributed by atoms with Crippen LogP contribution in [-0.2, 0) is 10.1 Å². The molecule has 0 amide bonds. The summed E-state index contributed by atoms with van der Waals surface area (Å²) < 4.78 is 41.3. The van der Waals surface area contributed by atoms with Crippen LogP contribution in [-0.4, -0.2) is 49.6 Å². The van der Waals surface area contributed by atoms with Gasteiger partial charge in [0.15, 0.2) is 0 Å². The second-order valence-electron chi connectivity index (χ2n) is 3.23. The van der Waals surface area contributed by atoms with Crippen LogP contribution >= 0.6 is 0 Å². The zero-order chi connectivity index (χ0) is 13.6. The van der Waals surface area contributed by atoms with Gasteiger partial charge in [-0.25, -0.2) is 0 Å². The molecule has 0 saturated carbocycles. The van der Waals surface area contributed by atoms with Crippen LogP contribution in [0.3, 0.4) is 0 Å². The summed E-state index contributed by atoms with van der Waals surface area (Å²) in [5, 5.41) is 17.2. The molecule has 0 aromatic heterocycles. The maximum atomic E-state index is 11.2. The Bertz CT molecular complexity index is 494. The minimum Gasteiger partial charge on any atom is -1.00 e. The Kier molecular flexibility index (Phi) is 8.59. The fourth-order valence-electron chi connectivity index (χ4n) is 1.22. The number of benzene rings is 1. The van der Waals surface area contributed by atoms with Crippen molar-refractivity contribution in [2.45, 2.75) is 4.90 Å². The van der Waals surface area contributed by atoms with Crippen LogP contribution in [0.25, 0.3) is 0 Å². The van der Waals surface area contributed by atoms with Crippen LogP contribution in [0, 0.1) is 0 Å². The van der Waals surface area contributed by atoms with Crippen LogP contribution in [0.5, 0.6) is 11.5 Å². The monoisotopic (exact) mass is 302 g/mol. The third kappa shape index (κ3) is 6.09. The SMILES string of the molecule is O=S(=O)(O)c1cc(OCCO)ccc1OCCO.[H-].[Na+]. The fourth-order valence-corrected chi connectivity index (χ4v) is 1.86. The van der Waals surface area contributed by atoms with E-state index >= 15 is 0 Å². The van der Waals surface area contributed by atoms with Gasteiger partial charge in [0, 0.05) is 6.07 Å². The van der Waals surface area contributed by atoms with Crippen molar-refractivity contribution in [2.24, 2.45) is 0 Å². The number of hydrogen-bond acceptors (Lipinski definition) is 6. The Morgan fingerprint density at radius 1 is 1.11 bits per heavy atom. The van der Waals surface area contributed by atoms with E-state index in [9.17, 15) is 8.42 Å². The molecule has 0 fully saturated rings. The third-order valence-corrected chi connectivity index (χ3v) is 2.78. The molecule has 0 aliphatic carbocycles. The van der Waals surface area contributed by atoms with Crippen LogP contribution < -0.4 is 39.0 Å². The second kappa shape index (κ2) is 8.75. The van der Waals surface area contributed by atoms with Crippen molar-refractivity contribution in [1.82, 2.24) is 0 Å². The zero-order valence-corrected chi connectivity index (χ0v) is 13.3. The van der Waals surface area contributed by atoms with Gasteiger partial charge in [-0.1, -0.05) is 0 Å². The maximum Gasteiger partial charge on any atom is 1.00 e. The largest absolute Gasteiger partial charge is 1.00 e. The average Bonchev–Trinajstić information content (AvgIpc) is 2.33. The van der Waals surface area contributed by atoms with Gasteiger partial charge in [0.1, 0.15) is 29.6 Å². The molecule has 104 valence electrons. The number of aliphatic hydroxyl groups is 2. The Labute approximate surface area is 134 Å². The molecule has 1 aromatic rings. The molecule has 19 heavy (non-hydrogen) atoms. The first-order valence-corrected chi connectivity index (χ1v) is 6.52. The van der Waals surface area contributed by atoms with Gasteiger partial charge in [0.25, 0.3) is 10.1 Å². The standard InChI is InChI=1S/C10H14O7S.Na.H/c11-3-5-16-8-1-2-9(17-6-4-12)10(7-8)18(13,14)15;;/h1-2,7,11-12H,3-6H2,(H,13,14,15);;/q;+1;-1. The fraction of sp³-hybridized carbons (Fsp3) is 0.400. The molecule has 0 aliphatic rings. The molecular weight excluding hydrogens is 287 g/mol. The van der Waals surface area contributed by atoms with Gasteiger partial charge in [0.2, 0.25) is 0 Å². The summed E-state index contributed by atoms with van der Waals surface area (Å²) in [6, 6.07) is 3.81. The van der Waals surface area contributed by atoms with Crippen LogP contribution in [0.4, 0.5) is 0 Å². The summed E-state index contributed by atoms with van der Waals surface area (Å²) in [7, 11) is -4.46. The first-order chi connectivity index (χ1) is 8.49. The van der Waals surface area contributed by atoms with Gasteiger partial charge >= 0.3 is 29.6 Å². The Morgan fingerprint density at radius 3 is 2.21 bits per heavy atom. The normalized spacial score (nSPS) is 10.7. The molecule has 0 saturated heterocycles. The van der Waals surface area contributed by atoms with E-state index < -0.39 is 15.0 Å². The quantitative estimate of drug-likeness (QED) is 0.359. The first kappa shape index (κ1) is 18.7. The van der Waals surface area contributed by atoms with Gasteiger partial charge in [-0.15, -0.1) is 0 Å². The molecule has 0 aliphatic heterocycles. The van der Waals surface area contributed by atoms with E-state index in [0.717, 1.165) is 6.07 Å². The molecule has 1 aromatic carbocycles. The van der Waals surface area contributed by atoms with Crippen molar-refractivity contribution >= 4 is 10.1 Å². The van der Waals surface area contributed by atoms with Gasteiger partial charge in [-0.2, -0.15) is 8.42 Å². The molecule has 0 radical (unpaired) electrons. The van der Waals surface area contributed by atoms with E-state index in [0.29, 0.717) is 0 Å². The van der Waals surface area contributed by atoms with Crippen molar-refractivity contribution < 1.29 is 63.6 Å². The number of rotatable bonds is 7. The Hall–Kier alpha value is -0.350. The molecule has 7 nitrogen and oxygen atoms in total. The zero-order valence-electron chi connectivity index (χ0n) is 11.4. The van der Waals surface area contributed by atoms with E-state index in [-0.39, 0.29) is 68.9 Å². The molecule has 0 spiro atoms. The van der Waals surface area contributed by atoms with Crippen molar-refractivity contribution in [2.75, 3.05) is 26.4 Å². The van der Waals surface area contributed by atoms with Crippen molar-refractivity contribution in [3.8, 4) is 11.5 Å². The number of ether oxygens (including phenoxy) is 2. The third-order valence-electron chi connectivity index (χ3n) is 1.90. The van der Waals surface area contributed by atoms with Crippen molar-refractivity contribution in [1.29, 1.82) is 0 Å². The molecule has 0 heterocycles. The molecular formula is C10H15NaO7S. The maximum absolute atomic E-state index is 11.2. The van der Waals surface area contributed by atoms with Gasteiger partial charge < -0.3 is 21.1 Å². The predicted molar refractivity (Wildman–Crippen MR) is 62.5 cm³/mol. The van der Waals surface area contributed by atoms with E-state index in [1.165, 1.54) is 12.1 Å². The van der Waals surface area contributed by atoms with Crippen molar-refractivity contribution in [3.63, 3.8) is 0 Å². The van der Waals surface area contributed by atoms with Crippen LogP contribution in [0.2, 0.25) is 0 Å². The minimum atomic E-state index is -4.46. The van der Waals surface area contributed by atoms with E-state index in [4.69, 9.17) is 24.2 Å².